The number of anilines is 1. The van der Waals surface area contributed by atoms with Crippen molar-refractivity contribution in [2.75, 3.05) is 32.6 Å². The lowest BCUT2D eigenvalue weighted by Gasteiger charge is -2.20. The van der Waals surface area contributed by atoms with Gasteiger partial charge >= 0.3 is 0 Å². The van der Waals surface area contributed by atoms with Gasteiger partial charge in [0.15, 0.2) is 0 Å². The minimum Gasteiger partial charge on any atom is -0.480 e. The quantitative estimate of drug-likeness (QED) is 0.406. The maximum absolute atomic E-state index is 13.5. The number of imidazole rings is 1. The molecule has 2 aromatic heterocycles. The van der Waals surface area contributed by atoms with Gasteiger partial charge in [-0.15, -0.1) is 0 Å². The minimum absolute atomic E-state index is 0.0659. The highest BCUT2D eigenvalue weighted by Crippen LogP contribution is 2.27. The number of carbonyl (C=O) groups is 1. The Bertz CT molecular complexity index is 1120. The lowest BCUT2D eigenvalue weighted by atomic mass is 10.2. The molecular weight excluding hydrogens is 408 g/mol. The molecule has 0 bridgehead atoms. The summed E-state index contributed by atoms with van der Waals surface area (Å²) in [5, 5.41) is 3.39. The third-order valence-corrected chi connectivity index (χ3v) is 5.66. The number of rotatable bonds is 7. The molecule has 2 aromatic rings. The summed E-state index contributed by atoms with van der Waals surface area (Å²) in [6.07, 6.45) is 8.25. The van der Waals surface area contributed by atoms with E-state index in [0.29, 0.717) is 47.8 Å². The predicted octanol–water partition coefficient (Wildman–Crippen LogP) is 3.12. The van der Waals surface area contributed by atoms with E-state index in [2.05, 4.69) is 21.9 Å². The van der Waals surface area contributed by atoms with Crippen LogP contribution in [0.1, 0.15) is 45.7 Å². The number of nitrogens with one attached hydrogen (secondary N) is 1. The Hall–Kier alpha value is -3.36. The van der Waals surface area contributed by atoms with Crippen LogP contribution < -0.4 is 10.9 Å². The predicted molar refractivity (Wildman–Crippen MR) is 127 cm³/mol. The maximum Gasteiger partial charge on any atom is 0.277 e. The molecule has 1 aliphatic rings. The summed E-state index contributed by atoms with van der Waals surface area (Å²) in [5.74, 6) is 0.342. The van der Waals surface area contributed by atoms with Crippen LogP contribution in [0.25, 0.3) is 11.0 Å². The topological polar surface area (TPSA) is 93.8 Å². The summed E-state index contributed by atoms with van der Waals surface area (Å²) < 4.78 is 9.03. The molecule has 1 aliphatic heterocycles. The number of fused-ring (bicyclic) bond motifs is 1. The van der Waals surface area contributed by atoms with Crippen LogP contribution >= 0.6 is 0 Å². The van der Waals surface area contributed by atoms with E-state index in [0.717, 1.165) is 6.42 Å². The number of amides is 1. The van der Waals surface area contributed by atoms with Gasteiger partial charge in [-0.25, -0.2) is 4.98 Å². The molecule has 9 nitrogen and oxygen atoms in total. The van der Waals surface area contributed by atoms with Crippen LogP contribution in [0.4, 0.5) is 5.69 Å². The largest absolute Gasteiger partial charge is 0.480 e. The van der Waals surface area contributed by atoms with Gasteiger partial charge in [0.1, 0.15) is 11.0 Å². The average Bonchev–Trinajstić information content (AvgIpc) is 3.44. The molecular formula is C23H32N6O3. The van der Waals surface area contributed by atoms with Crippen molar-refractivity contribution >= 4 is 28.5 Å². The Kier molecular flexibility index (Phi) is 7.17. The van der Waals surface area contributed by atoms with E-state index in [-0.39, 0.29) is 23.6 Å². The Morgan fingerprint density at radius 2 is 2.22 bits per heavy atom. The van der Waals surface area contributed by atoms with Crippen LogP contribution in [0.15, 0.2) is 46.7 Å². The molecule has 9 heteroatoms. The summed E-state index contributed by atoms with van der Waals surface area (Å²) in [4.78, 5) is 36.1. The molecule has 0 aliphatic carbocycles. The van der Waals surface area contributed by atoms with E-state index in [1.165, 1.54) is 6.08 Å². The number of aliphatic imine (C=N–C) groups is 1. The molecule has 1 saturated heterocycles. The first-order valence-corrected chi connectivity index (χ1v) is 10.9. The molecule has 1 unspecified atom stereocenters. The third kappa shape index (κ3) is 4.32. The van der Waals surface area contributed by atoms with Crippen LogP contribution in [-0.2, 0) is 9.53 Å². The molecule has 1 N–H and O–H groups in total. The zero-order chi connectivity index (χ0) is 23.4. The highest BCUT2D eigenvalue weighted by molar-refractivity contribution is 5.99. The second kappa shape index (κ2) is 9.84. The van der Waals surface area contributed by atoms with Crippen LogP contribution in [-0.4, -0.2) is 58.1 Å². The fourth-order valence-corrected chi connectivity index (χ4v) is 4.07. The molecule has 1 atom stereocenters. The molecule has 1 fully saturated rings. The van der Waals surface area contributed by atoms with Crippen molar-refractivity contribution in [1.82, 2.24) is 19.0 Å². The Morgan fingerprint density at radius 1 is 1.47 bits per heavy atom. The molecule has 3 rings (SSSR count). The zero-order valence-electron chi connectivity index (χ0n) is 19.5. The number of ether oxygens (including phenoxy) is 1. The molecule has 0 aromatic carbocycles. The summed E-state index contributed by atoms with van der Waals surface area (Å²) in [5.41, 5.74) is 2.39. The summed E-state index contributed by atoms with van der Waals surface area (Å²) >= 11 is 0. The normalized spacial score (nSPS) is 17.3. The first-order chi connectivity index (χ1) is 15.4. The van der Waals surface area contributed by atoms with Crippen molar-refractivity contribution in [3.63, 3.8) is 0 Å². The number of hydrogen-bond donors (Lipinski definition) is 1. The Morgan fingerprint density at radius 3 is 2.81 bits per heavy atom. The fourth-order valence-electron chi connectivity index (χ4n) is 4.07. The molecule has 3 heterocycles. The third-order valence-electron chi connectivity index (χ3n) is 5.66. The second-order valence-corrected chi connectivity index (χ2v) is 8.01. The van der Waals surface area contributed by atoms with E-state index in [1.54, 1.807) is 36.1 Å². The number of pyridine rings is 1. The van der Waals surface area contributed by atoms with Gasteiger partial charge < -0.3 is 24.1 Å². The van der Waals surface area contributed by atoms with Crippen molar-refractivity contribution in [2.45, 2.75) is 45.7 Å². The van der Waals surface area contributed by atoms with Gasteiger partial charge in [-0.05, 0) is 32.8 Å². The highest BCUT2D eigenvalue weighted by atomic mass is 16.5. The number of allylic oxidation sites excluding steroid dienone is 1. The van der Waals surface area contributed by atoms with Gasteiger partial charge in [0.05, 0.1) is 30.9 Å². The fraction of sp³-hybridized carbons (Fsp3) is 0.478. The van der Waals surface area contributed by atoms with Crippen LogP contribution in [0.5, 0.6) is 0 Å². The van der Waals surface area contributed by atoms with Crippen LogP contribution in [0, 0.1) is 0 Å². The maximum atomic E-state index is 13.5. The monoisotopic (exact) mass is 440 g/mol. The number of aromatic nitrogens is 3. The molecule has 0 radical (unpaired) electrons. The van der Waals surface area contributed by atoms with Crippen molar-refractivity contribution in [3.05, 3.63) is 47.3 Å². The SMILES string of the molecule is C=CC(=O)N1CCC(n2cc(N/C(=C/CC)C(=NC)OC)c3ncn(C(C)C)c3c2=O)C1. The standard InChI is InChI=1S/C23H32N6O3/c1-7-9-17(22(24-5)32-6)26-18-13-28(16-10-11-27(12-16)19(30)8-2)23(31)21-20(18)25-14-29(21)15(3)4/h8-9,13-16,26H,2,7,10-12H2,1,3-6H3/b17-9+,24-22?. The van der Waals surface area contributed by atoms with Gasteiger partial charge in [0.2, 0.25) is 11.8 Å². The molecule has 172 valence electrons. The first kappa shape index (κ1) is 23.3. The van der Waals surface area contributed by atoms with Crippen molar-refractivity contribution in [1.29, 1.82) is 0 Å². The van der Waals surface area contributed by atoms with Gasteiger partial charge in [-0.3, -0.25) is 14.6 Å². The summed E-state index contributed by atoms with van der Waals surface area (Å²) in [6.45, 7) is 10.7. The summed E-state index contributed by atoms with van der Waals surface area (Å²) in [7, 11) is 3.24. The van der Waals surface area contributed by atoms with E-state index in [1.807, 2.05) is 31.4 Å². The lowest BCUT2D eigenvalue weighted by Crippen LogP contribution is -2.31. The second-order valence-electron chi connectivity index (χ2n) is 8.01. The first-order valence-electron chi connectivity index (χ1n) is 10.9. The van der Waals surface area contributed by atoms with Crippen LogP contribution in [0.3, 0.4) is 0 Å². The van der Waals surface area contributed by atoms with Gasteiger partial charge in [-0.1, -0.05) is 19.6 Å². The Balaban J connectivity index is 2.15. The van der Waals surface area contributed by atoms with E-state index >= 15 is 0 Å². The average molecular weight is 441 g/mol. The Labute approximate surface area is 188 Å². The van der Waals surface area contributed by atoms with Gasteiger partial charge in [0, 0.05) is 32.4 Å². The minimum atomic E-state index is -0.132. The van der Waals surface area contributed by atoms with E-state index < -0.39 is 0 Å². The van der Waals surface area contributed by atoms with E-state index in [9.17, 15) is 9.59 Å². The van der Waals surface area contributed by atoms with Gasteiger partial charge in [-0.2, -0.15) is 0 Å². The van der Waals surface area contributed by atoms with Crippen molar-refractivity contribution < 1.29 is 9.53 Å². The zero-order valence-corrected chi connectivity index (χ0v) is 19.5. The number of nitrogens with zero attached hydrogens (tertiary/aromatic N) is 5. The molecule has 0 saturated carbocycles. The van der Waals surface area contributed by atoms with Gasteiger partial charge in [0.25, 0.3) is 5.56 Å². The number of methoxy groups -OCH3 is 1. The number of likely N-dealkylation sites (tertiary alicyclic amines) is 1. The molecule has 32 heavy (non-hydrogen) atoms. The lowest BCUT2D eigenvalue weighted by molar-refractivity contribution is -0.125. The smallest absolute Gasteiger partial charge is 0.277 e. The molecule has 0 spiro atoms. The number of hydrogen-bond acceptors (Lipinski definition) is 6. The highest BCUT2D eigenvalue weighted by Gasteiger charge is 2.29. The van der Waals surface area contributed by atoms with E-state index in [4.69, 9.17) is 4.74 Å². The van der Waals surface area contributed by atoms with Crippen LogP contribution in [0.2, 0.25) is 0 Å². The summed E-state index contributed by atoms with van der Waals surface area (Å²) in [6, 6.07) is -0.0663. The van der Waals surface area contributed by atoms with Crippen molar-refractivity contribution in [3.8, 4) is 0 Å². The van der Waals surface area contributed by atoms with Crippen molar-refractivity contribution in [2.24, 2.45) is 4.99 Å². The number of carbonyl (C=O) groups excluding carboxylic acids is 1. The molecule has 1 amide bonds.